The Bertz CT molecular complexity index is 293. The van der Waals surface area contributed by atoms with E-state index in [1.54, 1.807) is 0 Å². The third-order valence-electron chi connectivity index (χ3n) is 5.17. The average Bonchev–Trinajstić information content (AvgIpc) is 2.73. The molecule has 2 aliphatic rings. The van der Waals surface area contributed by atoms with E-state index >= 15 is 0 Å². The molecule has 3 heteroatoms. The Morgan fingerprint density at radius 2 is 2.05 bits per heavy atom. The van der Waals surface area contributed by atoms with Crippen LogP contribution in [0.5, 0.6) is 0 Å². The van der Waals surface area contributed by atoms with Crippen LogP contribution in [0.2, 0.25) is 0 Å². The van der Waals surface area contributed by atoms with Gasteiger partial charge in [-0.15, -0.1) is 0 Å². The first-order chi connectivity index (χ1) is 9.58. The Kier molecular flexibility index (Phi) is 5.88. The summed E-state index contributed by atoms with van der Waals surface area (Å²) >= 11 is 0. The maximum Gasteiger partial charge on any atom is 0.0702 e. The summed E-state index contributed by atoms with van der Waals surface area (Å²) in [6.45, 7) is 13.7. The molecule has 1 saturated carbocycles. The normalized spacial score (nSPS) is 34.5. The van der Waals surface area contributed by atoms with Crippen molar-refractivity contribution in [2.24, 2.45) is 5.41 Å². The second-order valence-electron chi connectivity index (χ2n) is 7.26. The van der Waals surface area contributed by atoms with E-state index in [0.29, 0.717) is 23.6 Å². The highest BCUT2D eigenvalue weighted by atomic mass is 16.5. The van der Waals surface area contributed by atoms with E-state index in [9.17, 15) is 0 Å². The number of ether oxygens (including phenoxy) is 1. The van der Waals surface area contributed by atoms with Crippen molar-refractivity contribution in [3.05, 3.63) is 0 Å². The molecular weight excluding hydrogens is 248 g/mol. The van der Waals surface area contributed by atoms with E-state index in [1.807, 2.05) is 0 Å². The highest BCUT2D eigenvalue weighted by molar-refractivity contribution is 5.01. The average molecular weight is 282 g/mol. The lowest BCUT2D eigenvalue weighted by Gasteiger charge is -2.41. The van der Waals surface area contributed by atoms with Crippen molar-refractivity contribution in [1.82, 2.24) is 10.2 Å². The van der Waals surface area contributed by atoms with Gasteiger partial charge in [0, 0.05) is 25.2 Å². The monoisotopic (exact) mass is 282 g/mol. The fraction of sp³-hybridized carbons (Fsp3) is 1.00. The summed E-state index contributed by atoms with van der Waals surface area (Å²) in [5.41, 5.74) is 0.428. The van der Waals surface area contributed by atoms with Crippen molar-refractivity contribution < 1.29 is 4.74 Å². The van der Waals surface area contributed by atoms with Crippen LogP contribution in [-0.2, 0) is 4.74 Å². The smallest absolute Gasteiger partial charge is 0.0702 e. The zero-order valence-corrected chi connectivity index (χ0v) is 14.0. The van der Waals surface area contributed by atoms with Gasteiger partial charge in [0.15, 0.2) is 0 Å². The summed E-state index contributed by atoms with van der Waals surface area (Å²) in [4.78, 5) is 2.71. The number of likely N-dealkylation sites (tertiary alicyclic amines) is 1. The molecule has 1 N–H and O–H groups in total. The summed E-state index contributed by atoms with van der Waals surface area (Å²) in [5.74, 6) is 0. The lowest BCUT2D eigenvalue weighted by molar-refractivity contribution is -0.0171. The predicted molar refractivity (Wildman–Crippen MR) is 85.1 cm³/mol. The lowest BCUT2D eigenvalue weighted by Crippen LogP contribution is -2.55. The van der Waals surface area contributed by atoms with Crippen molar-refractivity contribution >= 4 is 0 Å². The first-order valence-electron chi connectivity index (χ1n) is 8.67. The van der Waals surface area contributed by atoms with E-state index in [1.165, 1.54) is 32.2 Å². The largest absolute Gasteiger partial charge is 0.377 e. The molecule has 0 spiro atoms. The Labute approximate surface area is 125 Å². The molecule has 1 heterocycles. The molecule has 3 nitrogen and oxygen atoms in total. The summed E-state index contributed by atoms with van der Waals surface area (Å²) in [6.07, 6.45) is 6.82. The predicted octanol–water partition coefficient (Wildman–Crippen LogP) is 3.04. The van der Waals surface area contributed by atoms with Crippen molar-refractivity contribution in [1.29, 1.82) is 0 Å². The molecule has 0 aromatic rings. The number of hydrogen-bond donors (Lipinski definition) is 1. The molecule has 0 radical (unpaired) electrons. The molecule has 0 aromatic carbocycles. The van der Waals surface area contributed by atoms with Crippen LogP contribution in [0, 0.1) is 5.41 Å². The van der Waals surface area contributed by atoms with Gasteiger partial charge < -0.3 is 10.1 Å². The van der Waals surface area contributed by atoms with Crippen LogP contribution >= 0.6 is 0 Å². The Morgan fingerprint density at radius 1 is 1.25 bits per heavy atom. The van der Waals surface area contributed by atoms with Crippen molar-refractivity contribution in [2.75, 3.05) is 26.2 Å². The number of rotatable bonds is 6. The Balaban J connectivity index is 1.95. The summed E-state index contributed by atoms with van der Waals surface area (Å²) in [5, 5.41) is 3.76. The fourth-order valence-corrected chi connectivity index (χ4v) is 4.08. The maximum absolute atomic E-state index is 6.01. The fourth-order valence-electron chi connectivity index (χ4n) is 4.08. The first-order valence-corrected chi connectivity index (χ1v) is 8.67. The van der Waals surface area contributed by atoms with Crippen molar-refractivity contribution in [2.45, 2.75) is 78.0 Å². The van der Waals surface area contributed by atoms with Gasteiger partial charge in [-0.2, -0.15) is 0 Å². The SMILES string of the molecule is CCCOC1CCCN(C2CCC(C)(C)C2NCC)C1. The number of likely N-dealkylation sites (N-methyl/N-ethyl adjacent to an activating group) is 1. The van der Waals surface area contributed by atoms with Crippen LogP contribution < -0.4 is 5.32 Å². The van der Waals surface area contributed by atoms with Gasteiger partial charge in [-0.05, 0) is 50.6 Å². The van der Waals surface area contributed by atoms with Crippen molar-refractivity contribution in [3.63, 3.8) is 0 Å². The molecule has 1 aliphatic carbocycles. The van der Waals surface area contributed by atoms with Crippen molar-refractivity contribution in [3.8, 4) is 0 Å². The molecule has 0 aromatic heterocycles. The molecule has 2 rings (SSSR count). The van der Waals surface area contributed by atoms with Crippen LogP contribution in [0.25, 0.3) is 0 Å². The minimum atomic E-state index is 0.428. The van der Waals surface area contributed by atoms with Gasteiger partial charge >= 0.3 is 0 Å². The minimum absolute atomic E-state index is 0.428. The number of hydrogen-bond acceptors (Lipinski definition) is 3. The Morgan fingerprint density at radius 3 is 2.75 bits per heavy atom. The topological polar surface area (TPSA) is 24.5 Å². The van der Waals surface area contributed by atoms with Crippen LogP contribution in [0.1, 0.15) is 59.8 Å². The van der Waals surface area contributed by atoms with E-state index < -0.39 is 0 Å². The number of nitrogens with one attached hydrogen (secondary N) is 1. The van der Waals surface area contributed by atoms with Gasteiger partial charge in [0.05, 0.1) is 6.10 Å². The molecule has 20 heavy (non-hydrogen) atoms. The van der Waals surface area contributed by atoms with Crippen LogP contribution in [0.15, 0.2) is 0 Å². The maximum atomic E-state index is 6.01. The van der Waals surface area contributed by atoms with E-state index in [2.05, 4.69) is 37.9 Å². The molecule has 1 saturated heterocycles. The summed E-state index contributed by atoms with van der Waals surface area (Å²) < 4.78 is 6.01. The van der Waals surface area contributed by atoms with Gasteiger partial charge in [0.2, 0.25) is 0 Å². The van der Waals surface area contributed by atoms with Gasteiger partial charge in [0.1, 0.15) is 0 Å². The molecular formula is C17H34N2O. The number of piperidine rings is 1. The zero-order valence-electron chi connectivity index (χ0n) is 14.0. The van der Waals surface area contributed by atoms with Crippen LogP contribution in [-0.4, -0.2) is 49.3 Å². The molecule has 2 fully saturated rings. The third kappa shape index (κ3) is 3.75. The molecule has 0 bridgehead atoms. The molecule has 3 atom stereocenters. The van der Waals surface area contributed by atoms with Crippen LogP contribution in [0.3, 0.4) is 0 Å². The van der Waals surface area contributed by atoms with Gasteiger partial charge in [-0.3, -0.25) is 4.90 Å². The molecule has 3 unspecified atom stereocenters. The Hall–Kier alpha value is -0.120. The van der Waals surface area contributed by atoms with E-state index in [4.69, 9.17) is 4.74 Å². The van der Waals surface area contributed by atoms with E-state index in [0.717, 1.165) is 26.1 Å². The molecule has 118 valence electrons. The zero-order chi connectivity index (χ0) is 14.6. The van der Waals surface area contributed by atoms with E-state index in [-0.39, 0.29) is 0 Å². The molecule has 1 aliphatic heterocycles. The highest BCUT2D eigenvalue weighted by Crippen LogP contribution is 2.40. The number of nitrogens with zero attached hydrogens (tertiary/aromatic N) is 1. The highest BCUT2D eigenvalue weighted by Gasteiger charge is 2.44. The first kappa shape index (κ1) is 16.3. The third-order valence-corrected chi connectivity index (χ3v) is 5.17. The summed E-state index contributed by atoms with van der Waals surface area (Å²) in [6, 6.07) is 1.34. The van der Waals surface area contributed by atoms with Crippen LogP contribution in [0.4, 0.5) is 0 Å². The van der Waals surface area contributed by atoms with Gasteiger partial charge in [-0.25, -0.2) is 0 Å². The lowest BCUT2D eigenvalue weighted by atomic mass is 9.86. The minimum Gasteiger partial charge on any atom is -0.377 e. The second kappa shape index (κ2) is 7.24. The van der Waals surface area contributed by atoms with Gasteiger partial charge in [-0.1, -0.05) is 27.7 Å². The quantitative estimate of drug-likeness (QED) is 0.810. The second-order valence-corrected chi connectivity index (χ2v) is 7.26. The molecule has 0 amide bonds. The summed E-state index contributed by atoms with van der Waals surface area (Å²) in [7, 11) is 0. The standard InChI is InChI=1S/C17H34N2O/c1-5-12-20-14-8-7-11-19(13-14)15-9-10-17(3,4)16(15)18-6-2/h14-16,18H,5-13H2,1-4H3. The van der Waals surface area contributed by atoms with Gasteiger partial charge in [0.25, 0.3) is 0 Å².